The molecule has 0 unspecified atom stereocenters. The molecule has 1 saturated carbocycles. The van der Waals surface area contributed by atoms with Crippen molar-refractivity contribution in [2.45, 2.75) is 37.6 Å². The summed E-state index contributed by atoms with van der Waals surface area (Å²) in [6.07, 6.45) is 4.60. The summed E-state index contributed by atoms with van der Waals surface area (Å²) in [6, 6.07) is 3.91. The SMILES string of the molecule is COCCC1(NC(=O)c2cc([N+](=O)[O-])ccc2N)CCCC1. The van der Waals surface area contributed by atoms with Crippen LogP contribution in [0.2, 0.25) is 0 Å². The van der Waals surface area contributed by atoms with Crippen molar-refractivity contribution in [2.75, 3.05) is 19.5 Å². The second-order valence-electron chi connectivity index (χ2n) is 5.71. The number of carbonyl (C=O) groups is 1. The Balaban J connectivity index is 2.20. The van der Waals surface area contributed by atoms with Crippen LogP contribution in [-0.4, -0.2) is 30.1 Å². The van der Waals surface area contributed by atoms with Gasteiger partial charge in [0.05, 0.1) is 10.5 Å². The highest BCUT2D eigenvalue weighted by molar-refractivity contribution is 6.00. The Kier molecular flexibility index (Phi) is 4.97. The number of nitrogen functional groups attached to an aromatic ring is 1. The average molecular weight is 307 g/mol. The summed E-state index contributed by atoms with van der Waals surface area (Å²) in [7, 11) is 1.63. The summed E-state index contributed by atoms with van der Waals surface area (Å²) >= 11 is 0. The van der Waals surface area contributed by atoms with Crippen LogP contribution in [0.5, 0.6) is 0 Å². The van der Waals surface area contributed by atoms with Gasteiger partial charge in [0.1, 0.15) is 0 Å². The number of hydrogen-bond donors (Lipinski definition) is 2. The summed E-state index contributed by atoms with van der Waals surface area (Å²) in [4.78, 5) is 22.8. The molecule has 1 aromatic carbocycles. The van der Waals surface area contributed by atoms with Crippen molar-refractivity contribution in [3.63, 3.8) is 0 Å². The third-order valence-electron chi connectivity index (χ3n) is 4.22. The third kappa shape index (κ3) is 3.54. The molecule has 0 heterocycles. The van der Waals surface area contributed by atoms with E-state index in [1.807, 2.05) is 0 Å². The molecule has 1 amide bonds. The first-order valence-corrected chi connectivity index (χ1v) is 7.33. The first-order chi connectivity index (χ1) is 10.5. The smallest absolute Gasteiger partial charge is 0.270 e. The summed E-state index contributed by atoms with van der Waals surface area (Å²) in [5.41, 5.74) is 5.75. The lowest BCUT2D eigenvalue weighted by molar-refractivity contribution is -0.384. The van der Waals surface area contributed by atoms with E-state index in [1.165, 1.54) is 18.2 Å². The van der Waals surface area contributed by atoms with Crippen LogP contribution < -0.4 is 11.1 Å². The summed E-state index contributed by atoms with van der Waals surface area (Å²) in [5.74, 6) is -0.362. The minimum absolute atomic E-state index is 0.142. The number of non-ortho nitro benzene ring substituents is 1. The summed E-state index contributed by atoms with van der Waals surface area (Å²) in [5, 5.41) is 13.9. The molecule has 22 heavy (non-hydrogen) atoms. The molecular weight excluding hydrogens is 286 g/mol. The number of nitro groups is 1. The van der Waals surface area contributed by atoms with Gasteiger partial charge in [-0.05, 0) is 25.3 Å². The number of nitrogens with two attached hydrogens (primary N) is 1. The van der Waals surface area contributed by atoms with E-state index < -0.39 is 4.92 Å². The standard InChI is InChI=1S/C15H21N3O4/c1-22-9-8-15(6-2-3-7-15)17-14(19)12-10-11(18(20)21)4-5-13(12)16/h4-5,10H,2-3,6-9,16H2,1H3,(H,17,19). The summed E-state index contributed by atoms with van der Waals surface area (Å²) < 4.78 is 5.13. The van der Waals surface area contributed by atoms with Gasteiger partial charge in [-0.25, -0.2) is 0 Å². The Morgan fingerprint density at radius 3 is 2.73 bits per heavy atom. The number of benzene rings is 1. The molecule has 0 aliphatic heterocycles. The molecule has 0 radical (unpaired) electrons. The molecule has 3 N–H and O–H groups in total. The molecule has 0 saturated heterocycles. The molecule has 2 rings (SSSR count). The van der Waals surface area contributed by atoms with Gasteiger partial charge in [-0.3, -0.25) is 14.9 Å². The Morgan fingerprint density at radius 2 is 2.14 bits per heavy atom. The van der Waals surface area contributed by atoms with Crippen molar-refractivity contribution in [1.29, 1.82) is 0 Å². The van der Waals surface area contributed by atoms with E-state index in [0.29, 0.717) is 6.61 Å². The van der Waals surface area contributed by atoms with Crippen molar-refractivity contribution in [2.24, 2.45) is 0 Å². The van der Waals surface area contributed by atoms with Gasteiger partial charge in [-0.15, -0.1) is 0 Å². The van der Waals surface area contributed by atoms with Crippen molar-refractivity contribution < 1.29 is 14.5 Å². The molecule has 1 fully saturated rings. The zero-order valence-electron chi connectivity index (χ0n) is 12.6. The van der Waals surface area contributed by atoms with Gasteiger partial charge >= 0.3 is 0 Å². The zero-order chi connectivity index (χ0) is 16.2. The Morgan fingerprint density at radius 1 is 1.45 bits per heavy atom. The maximum atomic E-state index is 12.5. The molecule has 7 heteroatoms. The van der Waals surface area contributed by atoms with Crippen LogP contribution >= 0.6 is 0 Å². The number of hydrogen-bond acceptors (Lipinski definition) is 5. The van der Waals surface area contributed by atoms with Gasteiger partial charge in [0.2, 0.25) is 0 Å². The number of anilines is 1. The van der Waals surface area contributed by atoms with Crippen LogP contribution in [-0.2, 0) is 4.74 Å². The quantitative estimate of drug-likeness (QED) is 0.476. The lowest BCUT2D eigenvalue weighted by Gasteiger charge is -2.30. The van der Waals surface area contributed by atoms with E-state index in [4.69, 9.17) is 10.5 Å². The van der Waals surface area contributed by atoms with Crippen LogP contribution in [0.25, 0.3) is 0 Å². The molecule has 120 valence electrons. The molecular formula is C15H21N3O4. The first kappa shape index (κ1) is 16.2. The van der Waals surface area contributed by atoms with Crippen molar-refractivity contribution >= 4 is 17.3 Å². The molecule has 7 nitrogen and oxygen atoms in total. The Hall–Kier alpha value is -2.15. The highest BCUT2D eigenvalue weighted by Gasteiger charge is 2.35. The van der Waals surface area contributed by atoms with Crippen LogP contribution in [0.1, 0.15) is 42.5 Å². The molecule has 0 bridgehead atoms. The molecule has 0 atom stereocenters. The van der Waals surface area contributed by atoms with Crippen LogP contribution in [0, 0.1) is 10.1 Å². The van der Waals surface area contributed by atoms with E-state index in [9.17, 15) is 14.9 Å². The van der Waals surface area contributed by atoms with E-state index in [0.717, 1.165) is 32.1 Å². The average Bonchev–Trinajstić information content (AvgIpc) is 2.94. The van der Waals surface area contributed by atoms with E-state index in [-0.39, 0.29) is 28.4 Å². The van der Waals surface area contributed by atoms with Gasteiger partial charge < -0.3 is 15.8 Å². The number of carbonyl (C=O) groups excluding carboxylic acids is 1. The Labute approximate surface area is 129 Å². The van der Waals surface area contributed by atoms with Gasteiger partial charge in [0.15, 0.2) is 0 Å². The second kappa shape index (κ2) is 6.74. The van der Waals surface area contributed by atoms with Gasteiger partial charge in [-0.2, -0.15) is 0 Å². The number of amides is 1. The molecule has 1 aromatic rings. The molecule has 1 aliphatic carbocycles. The van der Waals surface area contributed by atoms with Crippen molar-refractivity contribution in [1.82, 2.24) is 5.32 Å². The number of nitro benzene ring substituents is 1. The van der Waals surface area contributed by atoms with Crippen molar-refractivity contribution in [3.8, 4) is 0 Å². The first-order valence-electron chi connectivity index (χ1n) is 7.33. The number of ether oxygens (including phenoxy) is 1. The third-order valence-corrected chi connectivity index (χ3v) is 4.22. The van der Waals surface area contributed by atoms with Gasteiger partial charge in [-0.1, -0.05) is 12.8 Å². The highest BCUT2D eigenvalue weighted by atomic mass is 16.6. The maximum absolute atomic E-state index is 12.5. The minimum Gasteiger partial charge on any atom is -0.398 e. The predicted octanol–water partition coefficient (Wildman–Crippen LogP) is 2.26. The normalized spacial score (nSPS) is 16.4. The van der Waals surface area contributed by atoms with Gasteiger partial charge in [0.25, 0.3) is 11.6 Å². The second-order valence-corrected chi connectivity index (χ2v) is 5.71. The summed E-state index contributed by atoms with van der Waals surface area (Å²) in [6.45, 7) is 0.560. The van der Waals surface area contributed by atoms with Crippen LogP contribution in [0.15, 0.2) is 18.2 Å². The van der Waals surface area contributed by atoms with E-state index >= 15 is 0 Å². The number of rotatable bonds is 6. The largest absolute Gasteiger partial charge is 0.398 e. The zero-order valence-corrected chi connectivity index (χ0v) is 12.6. The van der Waals surface area contributed by atoms with E-state index in [2.05, 4.69) is 5.32 Å². The number of nitrogens with zero attached hydrogens (tertiary/aromatic N) is 1. The fourth-order valence-electron chi connectivity index (χ4n) is 2.95. The number of methoxy groups -OCH3 is 1. The number of nitrogens with one attached hydrogen (secondary N) is 1. The van der Waals surface area contributed by atoms with Crippen LogP contribution in [0.3, 0.4) is 0 Å². The minimum atomic E-state index is -0.535. The lowest BCUT2D eigenvalue weighted by Crippen LogP contribution is -2.47. The van der Waals surface area contributed by atoms with Crippen molar-refractivity contribution in [3.05, 3.63) is 33.9 Å². The Bertz CT molecular complexity index is 568. The lowest BCUT2D eigenvalue weighted by atomic mass is 9.93. The highest BCUT2D eigenvalue weighted by Crippen LogP contribution is 2.33. The van der Waals surface area contributed by atoms with Gasteiger partial charge in [0, 0.05) is 37.1 Å². The molecule has 0 spiro atoms. The monoisotopic (exact) mass is 307 g/mol. The fourth-order valence-corrected chi connectivity index (χ4v) is 2.95. The topological polar surface area (TPSA) is 107 Å². The maximum Gasteiger partial charge on any atom is 0.270 e. The van der Waals surface area contributed by atoms with Crippen LogP contribution in [0.4, 0.5) is 11.4 Å². The predicted molar refractivity (Wildman–Crippen MR) is 82.7 cm³/mol. The molecule has 1 aliphatic rings. The van der Waals surface area contributed by atoms with E-state index in [1.54, 1.807) is 7.11 Å². The fraction of sp³-hybridized carbons (Fsp3) is 0.533. The molecule has 0 aromatic heterocycles.